The van der Waals surface area contributed by atoms with Gasteiger partial charge in [-0.3, -0.25) is 0 Å². The molecular formula is C16H16BrF2N. The maximum Gasteiger partial charge on any atom is 0.126 e. The summed E-state index contributed by atoms with van der Waals surface area (Å²) in [4.78, 5) is 0. The molecule has 0 radical (unpaired) electrons. The zero-order chi connectivity index (χ0) is 14.7. The normalized spacial score (nSPS) is 12.4. The van der Waals surface area contributed by atoms with Gasteiger partial charge in [-0.25, -0.2) is 8.78 Å². The van der Waals surface area contributed by atoms with E-state index in [9.17, 15) is 8.78 Å². The van der Waals surface area contributed by atoms with Crippen molar-refractivity contribution in [1.82, 2.24) is 5.32 Å². The van der Waals surface area contributed by atoms with Gasteiger partial charge >= 0.3 is 0 Å². The minimum absolute atomic E-state index is 0.0659. The molecule has 1 atom stereocenters. The molecule has 20 heavy (non-hydrogen) atoms. The third-order valence-electron chi connectivity index (χ3n) is 3.47. The summed E-state index contributed by atoms with van der Waals surface area (Å²) in [5, 5.41) is 3.17. The van der Waals surface area contributed by atoms with E-state index < -0.39 is 5.82 Å². The molecule has 106 valence electrons. The lowest BCUT2D eigenvalue weighted by molar-refractivity contribution is 0.542. The Morgan fingerprint density at radius 3 is 2.65 bits per heavy atom. The quantitative estimate of drug-likeness (QED) is 0.862. The second-order valence-electron chi connectivity index (χ2n) is 4.74. The van der Waals surface area contributed by atoms with E-state index in [2.05, 4.69) is 21.2 Å². The van der Waals surface area contributed by atoms with Crippen LogP contribution in [0, 0.1) is 18.6 Å². The standard InChI is InChI=1S/C16H16BrF2N/c1-10-13(4-3-5-14(10)17)16(20-2)9-11-8-12(18)6-7-15(11)19/h3-8,16,20H,9H2,1-2H3. The van der Waals surface area contributed by atoms with Crippen molar-refractivity contribution in [3.8, 4) is 0 Å². The van der Waals surface area contributed by atoms with Gasteiger partial charge in [0.15, 0.2) is 0 Å². The lowest BCUT2D eigenvalue weighted by Crippen LogP contribution is -2.20. The molecule has 1 nitrogen and oxygen atoms in total. The van der Waals surface area contributed by atoms with Crippen LogP contribution >= 0.6 is 15.9 Å². The summed E-state index contributed by atoms with van der Waals surface area (Å²) < 4.78 is 28.0. The molecule has 1 N–H and O–H groups in total. The highest BCUT2D eigenvalue weighted by Crippen LogP contribution is 2.27. The van der Waals surface area contributed by atoms with Crippen molar-refractivity contribution in [2.45, 2.75) is 19.4 Å². The van der Waals surface area contributed by atoms with Crippen molar-refractivity contribution in [2.75, 3.05) is 7.05 Å². The highest BCUT2D eigenvalue weighted by molar-refractivity contribution is 9.10. The predicted octanol–water partition coefficient (Wildman–Crippen LogP) is 4.54. The molecule has 2 rings (SSSR count). The van der Waals surface area contributed by atoms with Gasteiger partial charge in [-0.1, -0.05) is 28.1 Å². The van der Waals surface area contributed by atoms with Gasteiger partial charge in [-0.15, -0.1) is 0 Å². The molecule has 0 amide bonds. The number of rotatable bonds is 4. The smallest absolute Gasteiger partial charge is 0.126 e. The van der Waals surface area contributed by atoms with Crippen molar-refractivity contribution < 1.29 is 8.78 Å². The molecule has 0 heterocycles. The van der Waals surface area contributed by atoms with Gasteiger partial charge in [0.2, 0.25) is 0 Å². The van der Waals surface area contributed by atoms with Crippen LogP contribution in [0.5, 0.6) is 0 Å². The fraction of sp³-hybridized carbons (Fsp3) is 0.250. The van der Waals surface area contributed by atoms with Crippen LogP contribution in [0.4, 0.5) is 8.78 Å². The monoisotopic (exact) mass is 339 g/mol. The summed E-state index contributed by atoms with van der Waals surface area (Å²) in [7, 11) is 1.82. The summed E-state index contributed by atoms with van der Waals surface area (Å²) in [6.45, 7) is 2.01. The molecule has 0 aromatic heterocycles. The Balaban J connectivity index is 2.34. The van der Waals surface area contributed by atoms with Crippen LogP contribution in [0.2, 0.25) is 0 Å². The molecule has 0 bridgehead atoms. The molecule has 0 aliphatic heterocycles. The van der Waals surface area contributed by atoms with Crippen molar-refractivity contribution >= 4 is 15.9 Å². The first-order chi connectivity index (χ1) is 9.52. The molecule has 2 aromatic carbocycles. The zero-order valence-electron chi connectivity index (χ0n) is 11.4. The molecule has 0 spiro atoms. The van der Waals surface area contributed by atoms with Crippen molar-refractivity contribution in [3.63, 3.8) is 0 Å². The molecule has 1 unspecified atom stereocenters. The van der Waals surface area contributed by atoms with Crippen molar-refractivity contribution in [2.24, 2.45) is 0 Å². The van der Waals surface area contributed by atoms with Gasteiger partial charge in [0, 0.05) is 10.5 Å². The molecule has 4 heteroatoms. The second-order valence-corrected chi connectivity index (χ2v) is 5.59. The van der Waals surface area contributed by atoms with Crippen LogP contribution in [0.15, 0.2) is 40.9 Å². The van der Waals surface area contributed by atoms with Gasteiger partial charge in [0.25, 0.3) is 0 Å². The zero-order valence-corrected chi connectivity index (χ0v) is 13.0. The van der Waals surface area contributed by atoms with E-state index in [1.165, 1.54) is 12.1 Å². The Hall–Kier alpha value is -1.26. The average molecular weight is 340 g/mol. The Morgan fingerprint density at radius 2 is 1.95 bits per heavy atom. The molecular weight excluding hydrogens is 324 g/mol. The fourth-order valence-electron chi connectivity index (χ4n) is 2.29. The topological polar surface area (TPSA) is 12.0 Å². The Morgan fingerprint density at radius 1 is 1.20 bits per heavy atom. The van der Waals surface area contributed by atoms with E-state index in [-0.39, 0.29) is 11.9 Å². The van der Waals surface area contributed by atoms with Crippen LogP contribution in [-0.4, -0.2) is 7.05 Å². The fourth-order valence-corrected chi connectivity index (χ4v) is 2.67. The van der Waals surface area contributed by atoms with Gasteiger partial charge < -0.3 is 5.32 Å². The summed E-state index contributed by atoms with van der Waals surface area (Å²) in [5.41, 5.74) is 2.55. The highest BCUT2D eigenvalue weighted by atomic mass is 79.9. The van der Waals surface area contributed by atoms with Gasteiger partial charge in [0.1, 0.15) is 11.6 Å². The van der Waals surface area contributed by atoms with Crippen LogP contribution < -0.4 is 5.32 Å². The summed E-state index contributed by atoms with van der Waals surface area (Å²) in [5.74, 6) is -0.790. The first kappa shape index (κ1) is 15.1. The largest absolute Gasteiger partial charge is 0.313 e. The van der Waals surface area contributed by atoms with Crippen LogP contribution in [-0.2, 0) is 6.42 Å². The highest BCUT2D eigenvalue weighted by Gasteiger charge is 2.16. The van der Waals surface area contributed by atoms with E-state index in [0.29, 0.717) is 12.0 Å². The van der Waals surface area contributed by atoms with E-state index in [4.69, 9.17) is 0 Å². The van der Waals surface area contributed by atoms with Crippen molar-refractivity contribution in [3.05, 3.63) is 69.2 Å². The number of likely N-dealkylation sites (N-methyl/N-ethyl adjacent to an activating group) is 1. The first-order valence-electron chi connectivity index (χ1n) is 6.39. The summed E-state index contributed by atoms with van der Waals surface area (Å²) in [6, 6.07) is 9.41. The van der Waals surface area contributed by atoms with Gasteiger partial charge in [-0.05, 0) is 61.3 Å². The SMILES string of the molecule is CNC(Cc1cc(F)ccc1F)c1cccc(Br)c1C. The number of hydrogen-bond donors (Lipinski definition) is 1. The number of benzene rings is 2. The average Bonchev–Trinajstić information content (AvgIpc) is 2.43. The van der Waals surface area contributed by atoms with E-state index in [1.807, 2.05) is 32.2 Å². The lowest BCUT2D eigenvalue weighted by Gasteiger charge is -2.20. The molecule has 0 saturated carbocycles. The third-order valence-corrected chi connectivity index (χ3v) is 4.32. The maximum absolute atomic E-state index is 13.8. The molecule has 0 aliphatic rings. The lowest BCUT2D eigenvalue weighted by atomic mass is 9.95. The van der Waals surface area contributed by atoms with Crippen LogP contribution in [0.1, 0.15) is 22.7 Å². The minimum atomic E-state index is -0.415. The molecule has 0 fully saturated rings. The predicted molar refractivity (Wildman–Crippen MR) is 80.7 cm³/mol. The number of hydrogen-bond acceptors (Lipinski definition) is 1. The van der Waals surface area contributed by atoms with Crippen LogP contribution in [0.25, 0.3) is 0 Å². The second kappa shape index (κ2) is 6.46. The van der Waals surface area contributed by atoms with E-state index in [0.717, 1.165) is 21.7 Å². The third kappa shape index (κ3) is 3.25. The van der Waals surface area contributed by atoms with E-state index >= 15 is 0 Å². The Kier molecular flexibility index (Phi) is 4.89. The van der Waals surface area contributed by atoms with Gasteiger partial charge in [0.05, 0.1) is 0 Å². The minimum Gasteiger partial charge on any atom is -0.313 e. The number of nitrogens with one attached hydrogen (secondary N) is 1. The Labute approximate surface area is 126 Å². The summed E-state index contributed by atoms with van der Waals surface area (Å²) in [6.07, 6.45) is 0.400. The number of halogens is 3. The van der Waals surface area contributed by atoms with Gasteiger partial charge in [-0.2, -0.15) is 0 Å². The maximum atomic E-state index is 13.8. The van der Waals surface area contributed by atoms with Crippen molar-refractivity contribution in [1.29, 1.82) is 0 Å². The summed E-state index contributed by atoms with van der Waals surface area (Å²) >= 11 is 3.49. The molecule has 2 aromatic rings. The molecule has 0 aliphatic carbocycles. The Bertz CT molecular complexity index is 613. The molecule has 0 saturated heterocycles. The van der Waals surface area contributed by atoms with E-state index in [1.54, 1.807) is 0 Å². The first-order valence-corrected chi connectivity index (χ1v) is 7.18. The van der Waals surface area contributed by atoms with Crippen LogP contribution in [0.3, 0.4) is 0 Å².